The highest BCUT2D eigenvalue weighted by molar-refractivity contribution is 6.02. The Balaban J connectivity index is 2.23. The van der Waals surface area contributed by atoms with Crippen molar-refractivity contribution in [2.45, 2.75) is 6.92 Å². The Bertz CT molecular complexity index is 778. The van der Waals surface area contributed by atoms with E-state index in [1.54, 1.807) is 12.4 Å². The van der Waals surface area contributed by atoms with Crippen molar-refractivity contribution in [3.05, 3.63) is 48.0 Å². The van der Waals surface area contributed by atoms with Gasteiger partial charge in [-0.3, -0.25) is 4.98 Å². The molecular weight excluding hydrogens is 254 g/mol. The van der Waals surface area contributed by atoms with Crippen molar-refractivity contribution in [3.63, 3.8) is 0 Å². The van der Waals surface area contributed by atoms with Crippen LogP contribution in [0.1, 0.15) is 16.2 Å². The molecule has 3 aromatic rings. The monoisotopic (exact) mass is 267 g/mol. The quantitative estimate of drug-likeness (QED) is 0.725. The Morgan fingerprint density at radius 3 is 2.90 bits per heavy atom. The average Bonchev–Trinajstić information content (AvgIpc) is 2.90. The molecule has 0 saturated carbocycles. The molecule has 0 saturated heterocycles. The summed E-state index contributed by atoms with van der Waals surface area (Å²) in [6, 6.07) is 7.73. The first-order valence-corrected chi connectivity index (χ1v) is 6.18. The fourth-order valence-electron chi connectivity index (χ4n) is 2.19. The summed E-state index contributed by atoms with van der Waals surface area (Å²) in [5.74, 6) is -0.446. The van der Waals surface area contributed by atoms with E-state index in [2.05, 4.69) is 15.0 Å². The van der Waals surface area contributed by atoms with Gasteiger partial charge in [0.25, 0.3) is 0 Å². The maximum absolute atomic E-state index is 11.8. The zero-order valence-electron chi connectivity index (χ0n) is 11.2. The second-order valence-corrected chi connectivity index (χ2v) is 4.49. The normalized spacial score (nSPS) is 10.7. The lowest BCUT2D eigenvalue weighted by atomic mass is 10.2. The molecule has 0 amide bonds. The molecule has 0 aromatic carbocycles. The molecule has 0 fully saturated rings. The molecule has 0 atom stereocenters. The predicted octanol–water partition coefficient (Wildman–Crippen LogP) is 2.72. The molecule has 20 heavy (non-hydrogen) atoms. The number of H-pyrrole nitrogens is 1. The lowest BCUT2D eigenvalue weighted by Crippen LogP contribution is -2.06. The van der Waals surface area contributed by atoms with Crippen molar-refractivity contribution in [1.82, 2.24) is 15.0 Å². The van der Waals surface area contributed by atoms with Crippen LogP contribution in [0.3, 0.4) is 0 Å². The lowest BCUT2D eigenvalue weighted by Gasteiger charge is -2.01. The largest absolute Gasteiger partial charge is 0.464 e. The van der Waals surface area contributed by atoms with Gasteiger partial charge in [0.1, 0.15) is 0 Å². The van der Waals surface area contributed by atoms with Crippen molar-refractivity contribution < 1.29 is 9.53 Å². The zero-order chi connectivity index (χ0) is 14.1. The van der Waals surface area contributed by atoms with Crippen LogP contribution >= 0.6 is 0 Å². The summed E-state index contributed by atoms with van der Waals surface area (Å²) in [7, 11) is 1.35. The maximum atomic E-state index is 11.8. The second-order valence-electron chi connectivity index (χ2n) is 4.49. The van der Waals surface area contributed by atoms with Crippen LogP contribution in [-0.2, 0) is 4.74 Å². The third kappa shape index (κ3) is 2.03. The molecule has 0 unspecified atom stereocenters. The molecular formula is C15H13N3O2. The number of aromatic nitrogens is 3. The fraction of sp³-hybridized carbons (Fsp3) is 0.133. The SMILES string of the molecule is COC(=O)c1nc(C)cc2cc(-c3cccnc3)[nH]c12. The average molecular weight is 267 g/mol. The molecule has 0 bridgehead atoms. The standard InChI is InChI=1S/C15H13N3O2/c1-9-6-11-7-12(10-4-3-5-16-8-10)18-13(11)14(17-9)15(19)20-2/h3-8,18H,1-2H3. The summed E-state index contributed by atoms with van der Waals surface area (Å²) in [5.41, 5.74) is 3.61. The number of carbonyl (C=O) groups is 1. The first-order chi connectivity index (χ1) is 9.69. The van der Waals surface area contributed by atoms with Gasteiger partial charge in [0.15, 0.2) is 5.69 Å². The number of aryl methyl sites for hydroxylation is 1. The third-order valence-corrected chi connectivity index (χ3v) is 3.09. The van der Waals surface area contributed by atoms with Gasteiger partial charge in [-0.15, -0.1) is 0 Å². The van der Waals surface area contributed by atoms with Crippen LogP contribution < -0.4 is 0 Å². The topological polar surface area (TPSA) is 67.9 Å². The summed E-state index contributed by atoms with van der Waals surface area (Å²) in [6.45, 7) is 1.85. The Kier molecular flexibility index (Phi) is 2.95. The fourth-order valence-corrected chi connectivity index (χ4v) is 2.19. The molecule has 0 radical (unpaired) electrons. The number of carbonyl (C=O) groups excluding carboxylic acids is 1. The maximum Gasteiger partial charge on any atom is 0.358 e. The van der Waals surface area contributed by atoms with Crippen molar-refractivity contribution in [2.24, 2.45) is 0 Å². The van der Waals surface area contributed by atoms with Crippen LogP contribution in [0.15, 0.2) is 36.7 Å². The number of rotatable bonds is 2. The van der Waals surface area contributed by atoms with Crippen LogP contribution in [0.2, 0.25) is 0 Å². The van der Waals surface area contributed by atoms with Gasteiger partial charge in [0.05, 0.1) is 12.6 Å². The van der Waals surface area contributed by atoms with Gasteiger partial charge in [-0.25, -0.2) is 9.78 Å². The van der Waals surface area contributed by atoms with Crippen LogP contribution in [0, 0.1) is 6.92 Å². The number of hydrogen-bond donors (Lipinski definition) is 1. The number of aromatic amines is 1. The molecule has 3 aromatic heterocycles. The van der Waals surface area contributed by atoms with E-state index in [0.29, 0.717) is 11.2 Å². The number of hydrogen-bond acceptors (Lipinski definition) is 4. The Labute approximate surface area is 115 Å². The number of pyridine rings is 2. The number of fused-ring (bicyclic) bond motifs is 1. The molecule has 0 aliphatic carbocycles. The Hall–Kier alpha value is -2.69. The van der Waals surface area contributed by atoms with Gasteiger partial charge >= 0.3 is 5.97 Å². The number of methoxy groups -OCH3 is 1. The van der Waals surface area contributed by atoms with Crippen molar-refractivity contribution in [2.75, 3.05) is 7.11 Å². The molecule has 1 N–H and O–H groups in total. The van der Waals surface area contributed by atoms with E-state index in [-0.39, 0.29) is 0 Å². The van der Waals surface area contributed by atoms with Gasteiger partial charge in [-0.2, -0.15) is 0 Å². The smallest absolute Gasteiger partial charge is 0.358 e. The van der Waals surface area contributed by atoms with E-state index in [9.17, 15) is 4.79 Å². The van der Waals surface area contributed by atoms with Crippen molar-refractivity contribution >= 4 is 16.9 Å². The summed E-state index contributed by atoms with van der Waals surface area (Å²) in [4.78, 5) is 23.4. The van der Waals surface area contributed by atoms with E-state index in [1.165, 1.54) is 7.11 Å². The first-order valence-electron chi connectivity index (χ1n) is 6.18. The molecule has 5 nitrogen and oxygen atoms in total. The number of ether oxygens (including phenoxy) is 1. The minimum absolute atomic E-state index is 0.303. The summed E-state index contributed by atoms with van der Waals surface area (Å²) in [6.07, 6.45) is 3.49. The van der Waals surface area contributed by atoms with Crippen LogP contribution in [0.4, 0.5) is 0 Å². The molecule has 0 aliphatic heterocycles. The highest BCUT2D eigenvalue weighted by atomic mass is 16.5. The minimum atomic E-state index is -0.446. The molecule has 0 aliphatic rings. The predicted molar refractivity (Wildman–Crippen MR) is 75.4 cm³/mol. The number of nitrogens with one attached hydrogen (secondary N) is 1. The van der Waals surface area contributed by atoms with E-state index in [0.717, 1.165) is 22.3 Å². The summed E-state index contributed by atoms with van der Waals surface area (Å²) >= 11 is 0. The zero-order valence-corrected chi connectivity index (χ0v) is 11.2. The lowest BCUT2D eigenvalue weighted by molar-refractivity contribution is 0.0596. The highest BCUT2D eigenvalue weighted by Crippen LogP contribution is 2.26. The minimum Gasteiger partial charge on any atom is -0.464 e. The van der Waals surface area contributed by atoms with Gasteiger partial charge in [-0.05, 0) is 31.2 Å². The van der Waals surface area contributed by atoms with Crippen LogP contribution in [0.5, 0.6) is 0 Å². The summed E-state index contributed by atoms with van der Waals surface area (Å²) < 4.78 is 4.78. The first kappa shape index (κ1) is 12.3. The number of esters is 1. The van der Waals surface area contributed by atoms with E-state index in [1.807, 2.05) is 31.2 Å². The van der Waals surface area contributed by atoms with Gasteiger partial charge in [0.2, 0.25) is 0 Å². The Morgan fingerprint density at radius 1 is 1.35 bits per heavy atom. The van der Waals surface area contributed by atoms with Crippen molar-refractivity contribution in [1.29, 1.82) is 0 Å². The van der Waals surface area contributed by atoms with E-state index >= 15 is 0 Å². The second kappa shape index (κ2) is 4.77. The highest BCUT2D eigenvalue weighted by Gasteiger charge is 2.16. The van der Waals surface area contributed by atoms with Crippen molar-refractivity contribution in [3.8, 4) is 11.3 Å². The molecule has 3 rings (SSSR count). The van der Waals surface area contributed by atoms with Gasteiger partial charge in [-0.1, -0.05) is 0 Å². The van der Waals surface area contributed by atoms with Gasteiger partial charge in [0, 0.05) is 34.7 Å². The third-order valence-electron chi connectivity index (χ3n) is 3.09. The Morgan fingerprint density at radius 2 is 2.20 bits per heavy atom. The van der Waals surface area contributed by atoms with Crippen LogP contribution in [0.25, 0.3) is 22.2 Å². The molecule has 100 valence electrons. The number of nitrogens with zero attached hydrogens (tertiary/aromatic N) is 2. The molecule has 0 spiro atoms. The van der Waals surface area contributed by atoms with Gasteiger partial charge < -0.3 is 9.72 Å². The summed E-state index contributed by atoms with van der Waals surface area (Å²) in [5, 5.41) is 0.928. The van der Waals surface area contributed by atoms with Crippen LogP contribution in [-0.4, -0.2) is 28.0 Å². The molecule has 3 heterocycles. The van der Waals surface area contributed by atoms with E-state index in [4.69, 9.17) is 4.74 Å². The molecule has 5 heteroatoms. The van der Waals surface area contributed by atoms with E-state index < -0.39 is 5.97 Å².